The number of carbonyl (C=O) groups is 2. The van der Waals surface area contributed by atoms with Gasteiger partial charge in [0.05, 0.1) is 6.54 Å². The van der Waals surface area contributed by atoms with Gasteiger partial charge in [0.15, 0.2) is 0 Å². The van der Waals surface area contributed by atoms with Crippen molar-refractivity contribution >= 4 is 11.9 Å². The van der Waals surface area contributed by atoms with Gasteiger partial charge in [0.2, 0.25) is 0 Å². The highest BCUT2D eigenvalue weighted by molar-refractivity contribution is 6.06. The van der Waals surface area contributed by atoms with E-state index < -0.39 is 17.7 Å². The van der Waals surface area contributed by atoms with E-state index in [1.807, 2.05) is 0 Å². The number of aliphatic hydroxyl groups is 1. The molecule has 1 aliphatic heterocycles. The number of halogens is 1. The summed E-state index contributed by atoms with van der Waals surface area (Å²) in [4.78, 5) is 25.0. The van der Waals surface area contributed by atoms with Crippen LogP contribution in [0.4, 0.5) is 9.18 Å². The number of rotatable bonds is 6. The van der Waals surface area contributed by atoms with Gasteiger partial charge in [0, 0.05) is 0 Å². The summed E-state index contributed by atoms with van der Waals surface area (Å²) in [6, 6.07) is 4.83. The van der Waals surface area contributed by atoms with Crippen LogP contribution in [0.15, 0.2) is 24.3 Å². The average molecular weight is 310 g/mol. The van der Waals surface area contributed by atoms with Crippen LogP contribution in [0.2, 0.25) is 0 Å². The second-order valence-electron chi connectivity index (χ2n) is 5.45. The summed E-state index contributed by atoms with van der Waals surface area (Å²) < 4.78 is 18.1. The largest absolute Gasteiger partial charge is 0.491 e. The molecule has 2 atom stereocenters. The SMILES string of the molecule is CCC1(C)NC(=O)N(CC(O)COc2ccc(F)cc2)C1=O. The van der Waals surface area contributed by atoms with E-state index >= 15 is 0 Å². The lowest BCUT2D eigenvalue weighted by Crippen LogP contribution is -2.44. The van der Waals surface area contributed by atoms with Gasteiger partial charge < -0.3 is 15.2 Å². The van der Waals surface area contributed by atoms with Gasteiger partial charge in [0.1, 0.15) is 29.8 Å². The first kappa shape index (κ1) is 16.2. The van der Waals surface area contributed by atoms with Gasteiger partial charge in [-0.1, -0.05) is 6.92 Å². The fourth-order valence-electron chi connectivity index (χ4n) is 2.14. The molecule has 0 aliphatic carbocycles. The third-order valence-corrected chi connectivity index (χ3v) is 3.70. The lowest BCUT2D eigenvalue weighted by Gasteiger charge is -2.21. The molecule has 1 aromatic carbocycles. The third kappa shape index (κ3) is 3.36. The molecule has 0 aromatic heterocycles. The van der Waals surface area contributed by atoms with Crippen molar-refractivity contribution in [2.75, 3.05) is 13.2 Å². The Morgan fingerprint density at radius 2 is 2.00 bits per heavy atom. The molecular formula is C15H19FN2O4. The molecule has 1 heterocycles. The molecule has 2 rings (SSSR count). The molecule has 22 heavy (non-hydrogen) atoms. The number of nitrogens with zero attached hydrogens (tertiary/aromatic N) is 1. The van der Waals surface area contributed by atoms with Crippen molar-refractivity contribution in [3.8, 4) is 5.75 Å². The van der Waals surface area contributed by atoms with Gasteiger partial charge in [-0.15, -0.1) is 0 Å². The van der Waals surface area contributed by atoms with Crippen molar-refractivity contribution in [2.45, 2.75) is 31.9 Å². The molecule has 1 fully saturated rings. The van der Waals surface area contributed by atoms with Crippen molar-refractivity contribution in [3.05, 3.63) is 30.1 Å². The van der Waals surface area contributed by atoms with Crippen LogP contribution in [0, 0.1) is 5.82 Å². The van der Waals surface area contributed by atoms with Crippen molar-refractivity contribution in [1.82, 2.24) is 10.2 Å². The summed E-state index contributed by atoms with van der Waals surface area (Å²) >= 11 is 0. The summed E-state index contributed by atoms with van der Waals surface area (Å²) in [5.74, 6) is -0.344. The van der Waals surface area contributed by atoms with E-state index in [-0.39, 0.29) is 24.9 Å². The minimum Gasteiger partial charge on any atom is -0.491 e. The van der Waals surface area contributed by atoms with Gasteiger partial charge in [0.25, 0.3) is 5.91 Å². The molecule has 0 saturated carbocycles. The Morgan fingerprint density at radius 3 is 2.55 bits per heavy atom. The number of benzene rings is 1. The van der Waals surface area contributed by atoms with E-state index in [4.69, 9.17) is 4.74 Å². The predicted molar refractivity (Wildman–Crippen MR) is 76.8 cm³/mol. The van der Waals surface area contributed by atoms with Crippen LogP contribution in [0.5, 0.6) is 5.75 Å². The second kappa shape index (κ2) is 6.31. The summed E-state index contributed by atoms with van der Waals surface area (Å²) in [5, 5.41) is 12.5. The predicted octanol–water partition coefficient (Wildman–Crippen LogP) is 1.29. The number of imide groups is 1. The molecule has 2 N–H and O–H groups in total. The maximum Gasteiger partial charge on any atom is 0.325 e. The normalized spacial score (nSPS) is 22.6. The summed E-state index contributed by atoms with van der Waals surface area (Å²) in [5.41, 5.74) is -0.922. The zero-order valence-corrected chi connectivity index (χ0v) is 12.5. The third-order valence-electron chi connectivity index (χ3n) is 3.70. The first-order valence-corrected chi connectivity index (χ1v) is 7.06. The zero-order valence-electron chi connectivity index (χ0n) is 12.5. The number of hydrogen-bond acceptors (Lipinski definition) is 4. The molecule has 3 amide bonds. The standard InChI is InChI=1S/C15H19FN2O4/c1-3-15(2)13(20)18(14(21)17-15)8-11(19)9-22-12-6-4-10(16)5-7-12/h4-7,11,19H,3,8-9H2,1-2H3,(H,17,21). The molecule has 120 valence electrons. The van der Waals surface area contributed by atoms with Crippen LogP contribution < -0.4 is 10.1 Å². The monoisotopic (exact) mass is 310 g/mol. The number of ether oxygens (including phenoxy) is 1. The fourth-order valence-corrected chi connectivity index (χ4v) is 2.14. The Balaban J connectivity index is 1.89. The fraction of sp³-hybridized carbons (Fsp3) is 0.467. The highest BCUT2D eigenvalue weighted by Crippen LogP contribution is 2.21. The number of amides is 3. The first-order valence-electron chi connectivity index (χ1n) is 7.06. The molecule has 0 radical (unpaired) electrons. The summed E-state index contributed by atoms with van der Waals surface area (Å²) in [6.07, 6.45) is -0.560. The van der Waals surface area contributed by atoms with Crippen LogP contribution in [-0.2, 0) is 4.79 Å². The number of urea groups is 1. The van der Waals surface area contributed by atoms with Crippen LogP contribution >= 0.6 is 0 Å². The number of β-amino-alcohol motifs (C(OH)–C–C–N with tert-alkyl or cyclic N) is 1. The number of aliphatic hydroxyl groups excluding tert-OH is 1. The maximum atomic E-state index is 12.8. The minimum absolute atomic E-state index is 0.106. The van der Waals surface area contributed by atoms with E-state index in [1.54, 1.807) is 13.8 Å². The number of nitrogens with one attached hydrogen (secondary N) is 1. The molecule has 1 aromatic rings. The average Bonchev–Trinajstić information content (AvgIpc) is 2.71. The molecule has 6 nitrogen and oxygen atoms in total. The van der Waals surface area contributed by atoms with E-state index in [1.165, 1.54) is 24.3 Å². The quantitative estimate of drug-likeness (QED) is 0.776. The second-order valence-corrected chi connectivity index (χ2v) is 5.45. The maximum absolute atomic E-state index is 12.8. The molecule has 2 unspecified atom stereocenters. The highest BCUT2D eigenvalue weighted by Gasteiger charge is 2.46. The summed E-state index contributed by atoms with van der Waals surface area (Å²) in [7, 11) is 0. The number of hydrogen-bond donors (Lipinski definition) is 2. The van der Waals surface area contributed by atoms with E-state index in [9.17, 15) is 19.1 Å². The molecule has 0 spiro atoms. The van der Waals surface area contributed by atoms with Crippen molar-refractivity contribution in [3.63, 3.8) is 0 Å². The zero-order chi connectivity index (χ0) is 16.3. The Morgan fingerprint density at radius 1 is 1.36 bits per heavy atom. The van der Waals surface area contributed by atoms with Crippen LogP contribution in [0.25, 0.3) is 0 Å². The Bertz CT molecular complexity index is 563. The smallest absolute Gasteiger partial charge is 0.325 e. The lowest BCUT2D eigenvalue weighted by atomic mass is 9.99. The molecule has 1 aliphatic rings. The lowest BCUT2D eigenvalue weighted by molar-refractivity contribution is -0.132. The molecular weight excluding hydrogens is 291 g/mol. The van der Waals surface area contributed by atoms with E-state index in [0.717, 1.165) is 4.90 Å². The van der Waals surface area contributed by atoms with Crippen molar-refractivity contribution in [2.24, 2.45) is 0 Å². The number of carbonyl (C=O) groups excluding carboxylic acids is 2. The van der Waals surface area contributed by atoms with E-state index in [2.05, 4.69) is 5.32 Å². The van der Waals surface area contributed by atoms with Crippen LogP contribution in [0.1, 0.15) is 20.3 Å². The van der Waals surface area contributed by atoms with Crippen molar-refractivity contribution < 1.29 is 23.8 Å². The highest BCUT2D eigenvalue weighted by atomic mass is 19.1. The molecule has 7 heteroatoms. The van der Waals surface area contributed by atoms with Gasteiger partial charge in [-0.25, -0.2) is 9.18 Å². The summed E-state index contributed by atoms with van der Waals surface area (Å²) in [6.45, 7) is 3.19. The van der Waals surface area contributed by atoms with Gasteiger partial charge in [-0.3, -0.25) is 9.69 Å². The molecule has 0 bridgehead atoms. The van der Waals surface area contributed by atoms with Gasteiger partial charge >= 0.3 is 6.03 Å². The Hall–Kier alpha value is -2.15. The van der Waals surface area contributed by atoms with E-state index in [0.29, 0.717) is 12.2 Å². The van der Waals surface area contributed by atoms with Crippen molar-refractivity contribution in [1.29, 1.82) is 0 Å². The minimum atomic E-state index is -1.03. The van der Waals surface area contributed by atoms with Crippen LogP contribution in [-0.4, -0.2) is 46.7 Å². The Kier molecular flexibility index (Phi) is 4.65. The van der Waals surface area contributed by atoms with Gasteiger partial charge in [-0.2, -0.15) is 0 Å². The molecule has 1 saturated heterocycles. The van der Waals surface area contributed by atoms with Crippen LogP contribution in [0.3, 0.4) is 0 Å². The first-order chi connectivity index (χ1) is 10.4. The Labute approximate surface area is 127 Å². The topological polar surface area (TPSA) is 78.9 Å². The van der Waals surface area contributed by atoms with Gasteiger partial charge in [-0.05, 0) is 37.6 Å².